The number of ether oxygens (including phenoxy) is 3. The third kappa shape index (κ3) is 3.43. The molecule has 0 unspecified atom stereocenters. The Balaban J connectivity index is 1.79. The number of fused-ring (bicyclic) bond motifs is 3. The molecule has 1 amide bonds. The minimum absolute atomic E-state index is 0.0637. The van der Waals surface area contributed by atoms with Crippen molar-refractivity contribution in [3.63, 3.8) is 0 Å². The van der Waals surface area contributed by atoms with Gasteiger partial charge in [0.15, 0.2) is 18.2 Å². The van der Waals surface area contributed by atoms with Gasteiger partial charge in [0.25, 0.3) is 5.91 Å². The molecule has 0 saturated carbocycles. The fourth-order valence-corrected chi connectivity index (χ4v) is 3.21. The van der Waals surface area contributed by atoms with Crippen LogP contribution in [0, 0.1) is 0 Å². The van der Waals surface area contributed by atoms with Crippen LogP contribution in [0.2, 0.25) is 0 Å². The molecule has 0 saturated heterocycles. The molecular weight excluding hydrogens is 344 g/mol. The van der Waals surface area contributed by atoms with Crippen LogP contribution in [0.4, 0.5) is 0 Å². The van der Waals surface area contributed by atoms with Gasteiger partial charge in [-0.3, -0.25) is 9.36 Å². The van der Waals surface area contributed by atoms with Gasteiger partial charge in [-0.25, -0.2) is 0 Å². The average Bonchev–Trinajstić information content (AvgIpc) is 2.83. The van der Waals surface area contributed by atoms with E-state index in [-0.39, 0.29) is 18.7 Å². The van der Waals surface area contributed by atoms with E-state index in [1.165, 1.54) is 0 Å². The van der Waals surface area contributed by atoms with Gasteiger partial charge in [-0.05, 0) is 44.2 Å². The van der Waals surface area contributed by atoms with Crippen LogP contribution in [0.3, 0.4) is 0 Å². The summed E-state index contributed by atoms with van der Waals surface area (Å²) in [5.41, 5.74) is 1.34. The fourth-order valence-electron chi connectivity index (χ4n) is 3.21. The first kappa shape index (κ1) is 17.3. The lowest BCUT2D eigenvalue weighted by atomic mass is 10.2. The van der Waals surface area contributed by atoms with Crippen molar-refractivity contribution < 1.29 is 19.0 Å². The van der Waals surface area contributed by atoms with Crippen LogP contribution in [0.1, 0.15) is 24.3 Å². The lowest BCUT2D eigenvalue weighted by Gasteiger charge is -2.12. The first-order chi connectivity index (χ1) is 13.1. The van der Waals surface area contributed by atoms with Gasteiger partial charge in [0.1, 0.15) is 18.1 Å². The van der Waals surface area contributed by atoms with Crippen LogP contribution in [0.15, 0.2) is 48.5 Å². The summed E-state index contributed by atoms with van der Waals surface area (Å²) in [4.78, 5) is 12.7. The Morgan fingerprint density at radius 3 is 2.74 bits per heavy atom. The van der Waals surface area contributed by atoms with E-state index in [1.54, 1.807) is 0 Å². The molecule has 1 N–H and O–H groups in total. The van der Waals surface area contributed by atoms with Gasteiger partial charge in [-0.1, -0.05) is 18.2 Å². The molecule has 2 aromatic carbocycles. The number of amides is 1. The van der Waals surface area contributed by atoms with Crippen molar-refractivity contribution in [3.05, 3.63) is 54.2 Å². The number of aromatic nitrogens is 1. The number of hydrogen-bond acceptors (Lipinski definition) is 4. The van der Waals surface area contributed by atoms with Crippen molar-refractivity contribution in [2.45, 2.75) is 26.7 Å². The standard InChI is InChI=1S/C21H22N2O4/c1-14(2)27-16-8-9-18-17(12-16)20-19(21(24)22-10-11-25-20)23(18)13-26-15-6-4-3-5-7-15/h3-9,12,14H,10-11,13H2,1-2H3,(H,22,24). The molecule has 1 aliphatic rings. The molecule has 2 heterocycles. The molecule has 0 spiro atoms. The Hall–Kier alpha value is -3.15. The van der Waals surface area contributed by atoms with Crippen molar-refractivity contribution in [2.24, 2.45) is 0 Å². The molecule has 1 aliphatic heterocycles. The first-order valence-corrected chi connectivity index (χ1v) is 9.05. The SMILES string of the molecule is CC(C)Oc1ccc2c(c1)c1c(n2COc2ccccc2)C(=O)NCCO1. The lowest BCUT2D eigenvalue weighted by Crippen LogP contribution is -2.27. The molecule has 27 heavy (non-hydrogen) atoms. The van der Waals surface area contributed by atoms with Crippen molar-refractivity contribution in [1.82, 2.24) is 9.88 Å². The van der Waals surface area contributed by atoms with E-state index in [1.807, 2.05) is 66.9 Å². The molecule has 0 aliphatic carbocycles. The molecule has 0 fully saturated rings. The number of carbonyl (C=O) groups excluding carboxylic acids is 1. The van der Waals surface area contributed by atoms with Crippen molar-refractivity contribution >= 4 is 16.8 Å². The topological polar surface area (TPSA) is 61.7 Å². The molecule has 140 valence electrons. The smallest absolute Gasteiger partial charge is 0.272 e. The minimum atomic E-state index is -0.165. The maximum absolute atomic E-state index is 12.7. The third-order valence-corrected chi connectivity index (χ3v) is 4.31. The summed E-state index contributed by atoms with van der Waals surface area (Å²) in [5, 5.41) is 3.72. The molecule has 6 nitrogen and oxygen atoms in total. The van der Waals surface area contributed by atoms with E-state index in [0.717, 1.165) is 22.4 Å². The highest BCUT2D eigenvalue weighted by molar-refractivity contribution is 6.04. The highest BCUT2D eigenvalue weighted by Gasteiger charge is 2.27. The van der Waals surface area contributed by atoms with Crippen LogP contribution < -0.4 is 19.5 Å². The van der Waals surface area contributed by atoms with Crippen LogP contribution in [0.25, 0.3) is 10.9 Å². The number of rotatable bonds is 5. The molecule has 3 aromatic rings. The summed E-state index contributed by atoms with van der Waals surface area (Å²) in [6, 6.07) is 15.3. The van der Waals surface area contributed by atoms with Gasteiger partial charge in [-0.15, -0.1) is 0 Å². The third-order valence-electron chi connectivity index (χ3n) is 4.31. The Kier molecular flexibility index (Phi) is 4.62. The van der Waals surface area contributed by atoms with Gasteiger partial charge in [0, 0.05) is 5.39 Å². The zero-order valence-corrected chi connectivity index (χ0v) is 15.4. The predicted octanol–water partition coefficient (Wildman–Crippen LogP) is 3.59. The van der Waals surface area contributed by atoms with E-state index in [0.29, 0.717) is 24.6 Å². The average molecular weight is 366 g/mol. The zero-order chi connectivity index (χ0) is 18.8. The van der Waals surface area contributed by atoms with Gasteiger partial charge in [0.05, 0.1) is 18.2 Å². The highest BCUT2D eigenvalue weighted by Crippen LogP contribution is 2.37. The molecule has 1 aromatic heterocycles. The summed E-state index contributed by atoms with van der Waals surface area (Å²) in [7, 11) is 0. The second kappa shape index (κ2) is 7.23. The number of carbonyl (C=O) groups is 1. The predicted molar refractivity (Wildman–Crippen MR) is 103 cm³/mol. The second-order valence-corrected chi connectivity index (χ2v) is 6.64. The van der Waals surface area contributed by atoms with Crippen molar-refractivity contribution in [1.29, 1.82) is 0 Å². The first-order valence-electron chi connectivity index (χ1n) is 9.05. The fraction of sp³-hybridized carbons (Fsp3) is 0.286. The number of hydrogen-bond donors (Lipinski definition) is 1. The summed E-state index contributed by atoms with van der Waals surface area (Å²) in [6.45, 7) is 5.06. The maximum atomic E-state index is 12.7. The van der Waals surface area contributed by atoms with Gasteiger partial charge in [-0.2, -0.15) is 0 Å². The molecule has 6 heteroatoms. The van der Waals surface area contributed by atoms with E-state index < -0.39 is 0 Å². The number of nitrogens with zero attached hydrogens (tertiary/aromatic N) is 1. The van der Waals surface area contributed by atoms with Gasteiger partial charge in [0.2, 0.25) is 0 Å². The Morgan fingerprint density at radius 2 is 1.96 bits per heavy atom. The lowest BCUT2D eigenvalue weighted by molar-refractivity contribution is 0.0941. The van der Waals surface area contributed by atoms with Crippen LogP contribution in [0.5, 0.6) is 17.2 Å². The van der Waals surface area contributed by atoms with Crippen molar-refractivity contribution in [3.8, 4) is 17.2 Å². The summed E-state index contributed by atoms with van der Waals surface area (Å²) in [6.07, 6.45) is 0.0637. The Morgan fingerprint density at radius 1 is 1.15 bits per heavy atom. The molecule has 0 bridgehead atoms. The quantitative estimate of drug-likeness (QED) is 0.750. The largest absolute Gasteiger partial charge is 0.491 e. The van der Waals surface area contributed by atoms with Crippen LogP contribution in [-0.2, 0) is 6.73 Å². The molecule has 0 atom stereocenters. The van der Waals surface area contributed by atoms with E-state index in [9.17, 15) is 4.79 Å². The molecule has 0 radical (unpaired) electrons. The van der Waals surface area contributed by atoms with Crippen LogP contribution >= 0.6 is 0 Å². The van der Waals surface area contributed by atoms with Gasteiger partial charge >= 0.3 is 0 Å². The molecular formula is C21H22N2O4. The van der Waals surface area contributed by atoms with E-state index in [4.69, 9.17) is 14.2 Å². The Bertz CT molecular complexity index is 963. The van der Waals surface area contributed by atoms with E-state index in [2.05, 4.69) is 5.32 Å². The maximum Gasteiger partial charge on any atom is 0.272 e. The zero-order valence-electron chi connectivity index (χ0n) is 15.4. The summed E-state index contributed by atoms with van der Waals surface area (Å²) >= 11 is 0. The Labute approximate surface area is 157 Å². The van der Waals surface area contributed by atoms with Crippen LogP contribution in [-0.4, -0.2) is 29.7 Å². The summed E-state index contributed by atoms with van der Waals surface area (Å²) in [5.74, 6) is 1.89. The molecule has 4 rings (SSSR count). The second-order valence-electron chi connectivity index (χ2n) is 6.64. The number of nitrogens with one attached hydrogen (secondary N) is 1. The highest BCUT2D eigenvalue weighted by atomic mass is 16.5. The van der Waals surface area contributed by atoms with Gasteiger partial charge < -0.3 is 19.5 Å². The van der Waals surface area contributed by atoms with E-state index >= 15 is 0 Å². The monoisotopic (exact) mass is 366 g/mol. The number of benzene rings is 2. The number of para-hydroxylation sites is 1. The normalized spacial score (nSPS) is 13.7. The minimum Gasteiger partial charge on any atom is -0.491 e. The summed E-state index contributed by atoms with van der Waals surface area (Å²) < 4.78 is 19.5. The van der Waals surface area contributed by atoms with Crippen molar-refractivity contribution in [2.75, 3.05) is 13.2 Å².